The van der Waals surface area contributed by atoms with Gasteiger partial charge in [0.1, 0.15) is 5.82 Å². The van der Waals surface area contributed by atoms with E-state index in [9.17, 15) is 9.18 Å². The number of nitrogens with one attached hydrogen (secondary N) is 2. The van der Waals surface area contributed by atoms with Crippen LogP contribution in [0, 0.1) is 17.7 Å². The van der Waals surface area contributed by atoms with E-state index in [1.165, 1.54) is 6.07 Å². The fourth-order valence-corrected chi connectivity index (χ4v) is 3.79. The quantitative estimate of drug-likeness (QED) is 0.887. The fraction of sp³-hybridized carbons (Fsp3) is 0.562. The van der Waals surface area contributed by atoms with Crippen molar-refractivity contribution < 1.29 is 9.18 Å². The Bertz CT molecular complexity index is 522. The number of hydrogen-bond acceptors (Lipinski definition) is 3. The molecule has 2 heterocycles. The number of carbonyl (C=O) groups excluding carboxylic acids is 1. The lowest BCUT2D eigenvalue weighted by atomic mass is 9.93. The Morgan fingerprint density at radius 3 is 3.00 bits per heavy atom. The Hall–Kier alpha value is -1.46. The van der Waals surface area contributed by atoms with E-state index in [1.54, 1.807) is 18.2 Å². The van der Waals surface area contributed by atoms with E-state index < -0.39 is 0 Å². The number of likely N-dealkylation sites (tertiary alicyclic amines) is 1. The molecule has 2 N–H and O–H groups in total. The van der Waals surface area contributed by atoms with Crippen LogP contribution in [0.1, 0.15) is 13.3 Å². The van der Waals surface area contributed by atoms with E-state index in [1.807, 2.05) is 0 Å². The summed E-state index contributed by atoms with van der Waals surface area (Å²) in [4.78, 5) is 14.4. The van der Waals surface area contributed by atoms with Crippen molar-refractivity contribution in [1.82, 2.24) is 10.2 Å². The molecule has 0 aromatic heterocycles. The van der Waals surface area contributed by atoms with Gasteiger partial charge >= 0.3 is 0 Å². The predicted molar refractivity (Wildman–Crippen MR) is 80.5 cm³/mol. The van der Waals surface area contributed by atoms with Gasteiger partial charge in [-0.3, -0.25) is 9.69 Å². The van der Waals surface area contributed by atoms with E-state index in [4.69, 9.17) is 0 Å². The van der Waals surface area contributed by atoms with Crippen molar-refractivity contribution in [3.05, 3.63) is 30.1 Å². The van der Waals surface area contributed by atoms with Gasteiger partial charge in [-0.2, -0.15) is 0 Å². The number of fused-ring (bicyclic) bond motifs is 1. The molecule has 3 rings (SSSR count). The van der Waals surface area contributed by atoms with E-state index in [0.717, 1.165) is 26.1 Å². The van der Waals surface area contributed by atoms with Crippen LogP contribution in [0.15, 0.2) is 24.3 Å². The Balaban J connectivity index is 1.61. The smallest absolute Gasteiger partial charge is 0.238 e. The van der Waals surface area contributed by atoms with E-state index >= 15 is 0 Å². The van der Waals surface area contributed by atoms with Crippen LogP contribution in [-0.2, 0) is 4.79 Å². The number of nitrogens with zero attached hydrogens (tertiary/aromatic N) is 1. The van der Waals surface area contributed by atoms with Crippen molar-refractivity contribution in [2.75, 3.05) is 31.5 Å². The molecule has 0 spiro atoms. The molecule has 2 aliphatic rings. The van der Waals surface area contributed by atoms with Crippen molar-refractivity contribution in [1.29, 1.82) is 0 Å². The molecular formula is C16H22FN3O. The topological polar surface area (TPSA) is 44.4 Å². The van der Waals surface area contributed by atoms with Crippen LogP contribution in [0.25, 0.3) is 0 Å². The van der Waals surface area contributed by atoms with Crippen molar-refractivity contribution in [2.45, 2.75) is 19.4 Å². The van der Waals surface area contributed by atoms with Gasteiger partial charge in [-0.05, 0) is 43.5 Å². The first-order chi connectivity index (χ1) is 10.2. The van der Waals surface area contributed by atoms with Gasteiger partial charge in [0.25, 0.3) is 0 Å². The fourth-order valence-electron chi connectivity index (χ4n) is 3.79. The first-order valence-corrected chi connectivity index (χ1v) is 7.68. The molecular weight excluding hydrogens is 269 g/mol. The number of anilines is 1. The Morgan fingerprint density at radius 2 is 2.24 bits per heavy atom. The standard InChI is InChI=1S/C16H22FN3O/c1-2-15-12-8-18-7-11(12)9-20(15)10-16(21)19-14-6-4-3-5-13(14)17/h3-6,11-12,15,18H,2,7-10H2,1H3,(H,19,21). The van der Waals surface area contributed by atoms with E-state index in [-0.39, 0.29) is 17.4 Å². The normalized spacial score (nSPS) is 28.6. The number of benzene rings is 1. The second-order valence-electron chi connectivity index (χ2n) is 6.02. The SMILES string of the molecule is CCC1C2CNCC2CN1CC(=O)Nc1ccccc1F. The molecule has 3 unspecified atom stereocenters. The molecule has 114 valence electrons. The van der Waals surface area contributed by atoms with Crippen LogP contribution in [-0.4, -0.2) is 43.0 Å². The molecule has 0 bridgehead atoms. The zero-order valence-corrected chi connectivity index (χ0v) is 12.3. The number of halogens is 1. The van der Waals surface area contributed by atoms with Crippen molar-refractivity contribution in [3.63, 3.8) is 0 Å². The maximum Gasteiger partial charge on any atom is 0.238 e. The second kappa shape index (κ2) is 6.12. The zero-order valence-electron chi connectivity index (χ0n) is 12.3. The summed E-state index contributed by atoms with van der Waals surface area (Å²) in [6.07, 6.45) is 1.05. The Morgan fingerprint density at radius 1 is 1.43 bits per heavy atom. The number of para-hydroxylation sites is 1. The lowest BCUT2D eigenvalue weighted by Gasteiger charge is -2.26. The van der Waals surface area contributed by atoms with Crippen LogP contribution in [0.5, 0.6) is 0 Å². The molecule has 1 amide bonds. The zero-order chi connectivity index (χ0) is 14.8. The molecule has 1 aromatic carbocycles. The highest BCUT2D eigenvalue weighted by Crippen LogP contribution is 2.33. The molecule has 4 nitrogen and oxygen atoms in total. The van der Waals surface area contributed by atoms with Gasteiger partial charge in [0.05, 0.1) is 12.2 Å². The summed E-state index contributed by atoms with van der Waals surface area (Å²) in [6.45, 7) is 5.58. The molecule has 0 saturated carbocycles. The van der Waals surface area contributed by atoms with Crippen molar-refractivity contribution in [3.8, 4) is 0 Å². The molecule has 3 atom stereocenters. The first kappa shape index (κ1) is 14.5. The maximum absolute atomic E-state index is 13.6. The van der Waals surface area contributed by atoms with Gasteiger partial charge in [-0.1, -0.05) is 19.1 Å². The summed E-state index contributed by atoms with van der Waals surface area (Å²) in [5.41, 5.74) is 0.261. The third-order valence-corrected chi connectivity index (χ3v) is 4.74. The van der Waals surface area contributed by atoms with Gasteiger partial charge in [0, 0.05) is 12.6 Å². The van der Waals surface area contributed by atoms with Crippen molar-refractivity contribution in [2.24, 2.45) is 11.8 Å². The summed E-state index contributed by atoms with van der Waals surface area (Å²) < 4.78 is 13.6. The van der Waals surface area contributed by atoms with Crippen LogP contribution in [0.3, 0.4) is 0 Å². The molecule has 2 aliphatic heterocycles. The third kappa shape index (κ3) is 2.94. The van der Waals surface area contributed by atoms with Crippen LogP contribution in [0.4, 0.5) is 10.1 Å². The van der Waals surface area contributed by atoms with Crippen molar-refractivity contribution >= 4 is 11.6 Å². The molecule has 5 heteroatoms. The van der Waals surface area contributed by atoms with Crippen LogP contribution >= 0.6 is 0 Å². The predicted octanol–water partition coefficient (Wildman–Crippen LogP) is 1.69. The minimum Gasteiger partial charge on any atom is -0.322 e. The summed E-state index contributed by atoms with van der Waals surface area (Å²) in [5.74, 6) is 0.777. The summed E-state index contributed by atoms with van der Waals surface area (Å²) >= 11 is 0. The summed E-state index contributed by atoms with van der Waals surface area (Å²) in [6, 6.07) is 6.74. The molecule has 21 heavy (non-hydrogen) atoms. The van der Waals surface area contributed by atoms with Gasteiger partial charge in [0.2, 0.25) is 5.91 Å². The van der Waals surface area contributed by atoms with Gasteiger partial charge in [-0.25, -0.2) is 4.39 Å². The van der Waals surface area contributed by atoms with Gasteiger partial charge in [-0.15, -0.1) is 0 Å². The van der Waals surface area contributed by atoms with Gasteiger partial charge in [0.15, 0.2) is 0 Å². The van der Waals surface area contributed by atoms with Crippen LogP contribution < -0.4 is 10.6 Å². The highest BCUT2D eigenvalue weighted by molar-refractivity contribution is 5.92. The minimum absolute atomic E-state index is 0.133. The van der Waals surface area contributed by atoms with E-state index in [0.29, 0.717) is 24.4 Å². The average molecular weight is 291 g/mol. The third-order valence-electron chi connectivity index (χ3n) is 4.74. The Labute approximate surface area is 124 Å². The molecule has 2 saturated heterocycles. The summed E-state index contributed by atoms with van der Waals surface area (Å²) in [5, 5.41) is 6.11. The first-order valence-electron chi connectivity index (χ1n) is 7.68. The monoisotopic (exact) mass is 291 g/mol. The number of carbonyl (C=O) groups is 1. The lowest BCUT2D eigenvalue weighted by Crippen LogP contribution is -2.40. The highest BCUT2D eigenvalue weighted by Gasteiger charge is 2.43. The lowest BCUT2D eigenvalue weighted by molar-refractivity contribution is -0.117. The summed E-state index contributed by atoms with van der Waals surface area (Å²) in [7, 11) is 0. The Kier molecular flexibility index (Phi) is 4.22. The molecule has 1 aromatic rings. The van der Waals surface area contributed by atoms with Crippen LogP contribution in [0.2, 0.25) is 0 Å². The maximum atomic E-state index is 13.6. The minimum atomic E-state index is -0.389. The van der Waals surface area contributed by atoms with Gasteiger partial charge < -0.3 is 10.6 Å². The highest BCUT2D eigenvalue weighted by atomic mass is 19.1. The molecule has 0 aliphatic carbocycles. The average Bonchev–Trinajstić information content (AvgIpc) is 3.01. The molecule has 2 fully saturated rings. The second-order valence-corrected chi connectivity index (χ2v) is 6.02. The number of amides is 1. The number of rotatable bonds is 4. The number of hydrogen-bond donors (Lipinski definition) is 2. The largest absolute Gasteiger partial charge is 0.322 e. The molecule has 0 radical (unpaired) electrons. The van der Waals surface area contributed by atoms with E-state index in [2.05, 4.69) is 22.5 Å².